The standard InChI is InChI=1S/C9H12F3N3/c1-8(3-4-13-6-8)15-5-2-7(14-15)9(10,11)12/h2,5,13H,3-4,6H2,1H3/t8-/m1/s1. The molecule has 1 N–H and O–H groups in total. The number of aromatic nitrogens is 2. The van der Waals surface area contributed by atoms with Gasteiger partial charge in [-0.1, -0.05) is 0 Å². The Morgan fingerprint density at radius 1 is 1.53 bits per heavy atom. The summed E-state index contributed by atoms with van der Waals surface area (Å²) >= 11 is 0. The number of hydrogen-bond donors (Lipinski definition) is 1. The summed E-state index contributed by atoms with van der Waals surface area (Å²) in [4.78, 5) is 0. The second kappa shape index (κ2) is 3.23. The van der Waals surface area contributed by atoms with Crippen LogP contribution in [-0.4, -0.2) is 22.9 Å². The minimum Gasteiger partial charge on any atom is -0.314 e. The van der Waals surface area contributed by atoms with E-state index in [1.165, 1.54) is 10.9 Å². The Bertz CT molecular complexity index is 350. The van der Waals surface area contributed by atoms with E-state index in [1.54, 1.807) is 0 Å². The molecule has 15 heavy (non-hydrogen) atoms. The molecule has 1 aliphatic heterocycles. The molecular weight excluding hydrogens is 207 g/mol. The van der Waals surface area contributed by atoms with Gasteiger partial charge in [-0.15, -0.1) is 0 Å². The zero-order valence-corrected chi connectivity index (χ0v) is 8.30. The number of halogens is 3. The van der Waals surface area contributed by atoms with Crippen LogP contribution in [0.5, 0.6) is 0 Å². The molecule has 1 aromatic heterocycles. The first-order valence-corrected chi connectivity index (χ1v) is 4.76. The van der Waals surface area contributed by atoms with E-state index in [0.29, 0.717) is 6.54 Å². The van der Waals surface area contributed by atoms with E-state index < -0.39 is 11.9 Å². The van der Waals surface area contributed by atoms with Crippen molar-refractivity contribution in [2.75, 3.05) is 13.1 Å². The smallest absolute Gasteiger partial charge is 0.314 e. The summed E-state index contributed by atoms with van der Waals surface area (Å²) in [6.45, 7) is 3.38. The van der Waals surface area contributed by atoms with Gasteiger partial charge in [0, 0.05) is 12.7 Å². The van der Waals surface area contributed by atoms with E-state index in [9.17, 15) is 13.2 Å². The molecule has 0 saturated carbocycles. The van der Waals surface area contributed by atoms with Gasteiger partial charge >= 0.3 is 6.18 Å². The Labute approximate surface area is 85.3 Å². The molecule has 0 aromatic carbocycles. The van der Waals surface area contributed by atoms with Crippen LogP contribution in [-0.2, 0) is 11.7 Å². The second-order valence-electron chi connectivity index (χ2n) is 4.07. The molecule has 1 aromatic rings. The molecule has 3 nitrogen and oxygen atoms in total. The molecule has 0 amide bonds. The first-order chi connectivity index (χ1) is 6.92. The first-order valence-electron chi connectivity index (χ1n) is 4.76. The molecule has 0 bridgehead atoms. The summed E-state index contributed by atoms with van der Waals surface area (Å²) in [5, 5.41) is 6.70. The van der Waals surface area contributed by atoms with Crippen LogP contribution in [0.2, 0.25) is 0 Å². The molecule has 0 aliphatic carbocycles. The maximum Gasteiger partial charge on any atom is 0.435 e. The van der Waals surface area contributed by atoms with Gasteiger partial charge in [-0.2, -0.15) is 18.3 Å². The van der Waals surface area contributed by atoms with Gasteiger partial charge in [0.15, 0.2) is 5.69 Å². The fourth-order valence-corrected chi connectivity index (χ4v) is 1.78. The van der Waals surface area contributed by atoms with Crippen LogP contribution in [0.1, 0.15) is 19.0 Å². The molecule has 6 heteroatoms. The van der Waals surface area contributed by atoms with E-state index in [-0.39, 0.29) is 5.54 Å². The van der Waals surface area contributed by atoms with E-state index >= 15 is 0 Å². The predicted molar refractivity (Wildman–Crippen MR) is 48.4 cm³/mol. The Morgan fingerprint density at radius 3 is 2.73 bits per heavy atom. The highest BCUT2D eigenvalue weighted by molar-refractivity contribution is 5.06. The molecule has 0 spiro atoms. The van der Waals surface area contributed by atoms with Gasteiger partial charge < -0.3 is 5.32 Å². The van der Waals surface area contributed by atoms with E-state index in [2.05, 4.69) is 10.4 Å². The molecule has 2 heterocycles. The largest absolute Gasteiger partial charge is 0.435 e. The average molecular weight is 219 g/mol. The average Bonchev–Trinajstić information content (AvgIpc) is 2.69. The number of nitrogens with one attached hydrogen (secondary N) is 1. The molecule has 1 fully saturated rings. The topological polar surface area (TPSA) is 29.9 Å². The van der Waals surface area contributed by atoms with Crippen LogP contribution in [0.25, 0.3) is 0 Å². The molecule has 1 saturated heterocycles. The van der Waals surface area contributed by atoms with Crippen LogP contribution in [0, 0.1) is 0 Å². The van der Waals surface area contributed by atoms with Crippen molar-refractivity contribution in [3.63, 3.8) is 0 Å². The van der Waals surface area contributed by atoms with Crippen LogP contribution < -0.4 is 5.32 Å². The molecular formula is C9H12F3N3. The molecule has 0 unspecified atom stereocenters. The minimum atomic E-state index is -4.35. The fourth-order valence-electron chi connectivity index (χ4n) is 1.78. The van der Waals surface area contributed by atoms with Gasteiger partial charge in [-0.3, -0.25) is 4.68 Å². The van der Waals surface area contributed by atoms with Gasteiger partial charge in [-0.05, 0) is 26.0 Å². The Balaban J connectivity index is 2.27. The number of hydrogen-bond acceptors (Lipinski definition) is 2. The molecule has 1 aliphatic rings. The van der Waals surface area contributed by atoms with Gasteiger partial charge in [-0.25, -0.2) is 0 Å². The van der Waals surface area contributed by atoms with Crippen LogP contribution in [0.4, 0.5) is 13.2 Å². The van der Waals surface area contributed by atoms with Gasteiger partial charge in [0.25, 0.3) is 0 Å². The lowest BCUT2D eigenvalue weighted by atomic mass is 10.0. The predicted octanol–water partition coefficient (Wildman–Crippen LogP) is 1.61. The molecule has 0 radical (unpaired) electrons. The first kappa shape index (κ1) is 10.5. The van der Waals surface area contributed by atoms with Gasteiger partial charge in [0.2, 0.25) is 0 Å². The zero-order chi connectivity index (χ0) is 11.1. The zero-order valence-electron chi connectivity index (χ0n) is 8.30. The normalized spacial score (nSPS) is 27.2. The third-order valence-electron chi connectivity index (χ3n) is 2.78. The van der Waals surface area contributed by atoms with Crippen molar-refractivity contribution in [3.05, 3.63) is 18.0 Å². The van der Waals surface area contributed by atoms with Crippen molar-refractivity contribution in [3.8, 4) is 0 Å². The van der Waals surface area contributed by atoms with Crippen molar-refractivity contribution < 1.29 is 13.2 Å². The molecule has 84 valence electrons. The van der Waals surface area contributed by atoms with Gasteiger partial charge in [0.1, 0.15) is 0 Å². The van der Waals surface area contributed by atoms with Crippen molar-refractivity contribution in [1.29, 1.82) is 0 Å². The highest BCUT2D eigenvalue weighted by Gasteiger charge is 2.37. The number of nitrogens with zero attached hydrogens (tertiary/aromatic N) is 2. The maximum atomic E-state index is 12.3. The summed E-state index contributed by atoms with van der Waals surface area (Å²) < 4.78 is 38.4. The van der Waals surface area contributed by atoms with Crippen molar-refractivity contribution in [1.82, 2.24) is 15.1 Å². The lowest BCUT2D eigenvalue weighted by Crippen LogP contribution is -2.33. The van der Waals surface area contributed by atoms with E-state index in [0.717, 1.165) is 19.0 Å². The van der Waals surface area contributed by atoms with Crippen LogP contribution >= 0.6 is 0 Å². The molecule has 1 atom stereocenters. The monoisotopic (exact) mass is 219 g/mol. The minimum absolute atomic E-state index is 0.330. The maximum absolute atomic E-state index is 12.3. The Kier molecular flexibility index (Phi) is 2.26. The van der Waals surface area contributed by atoms with Crippen LogP contribution in [0.15, 0.2) is 12.3 Å². The van der Waals surface area contributed by atoms with Crippen molar-refractivity contribution in [2.45, 2.75) is 25.1 Å². The quantitative estimate of drug-likeness (QED) is 0.777. The summed E-state index contributed by atoms with van der Waals surface area (Å²) in [5.41, 5.74) is -1.15. The Hall–Kier alpha value is -1.04. The summed E-state index contributed by atoms with van der Waals surface area (Å²) in [7, 11) is 0. The SMILES string of the molecule is C[C@@]1(n2ccc(C(F)(F)F)n2)CCNC1. The summed E-state index contributed by atoms with van der Waals surface area (Å²) in [6.07, 6.45) is -2.16. The van der Waals surface area contributed by atoms with E-state index in [4.69, 9.17) is 0 Å². The lowest BCUT2D eigenvalue weighted by molar-refractivity contribution is -0.141. The highest BCUT2D eigenvalue weighted by Crippen LogP contribution is 2.30. The third kappa shape index (κ3) is 1.86. The summed E-state index contributed by atoms with van der Waals surface area (Å²) in [6, 6.07) is 1.02. The van der Waals surface area contributed by atoms with Gasteiger partial charge in [0.05, 0.1) is 5.54 Å². The van der Waals surface area contributed by atoms with E-state index in [1.807, 2.05) is 6.92 Å². The fraction of sp³-hybridized carbons (Fsp3) is 0.667. The summed E-state index contributed by atoms with van der Waals surface area (Å²) in [5.74, 6) is 0. The Morgan fingerprint density at radius 2 is 2.27 bits per heavy atom. The third-order valence-corrected chi connectivity index (χ3v) is 2.78. The lowest BCUT2D eigenvalue weighted by Gasteiger charge is -2.23. The number of alkyl halides is 3. The second-order valence-corrected chi connectivity index (χ2v) is 4.07. The van der Waals surface area contributed by atoms with Crippen molar-refractivity contribution >= 4 is 0 Å². The number of rotatable bonds is 1. The molecule has 2 rings (SSSR count). The van der Waals surface area contributed by atoms with Crippen LogP contribution in [0.3, 0.4) is 0 Å². The highest BCUT2D eigenvalue weighted by atomic mass is 19.4. The van der Waals surface area contributed by atoms with Crippen molar-refractivity contribution in [2.24, 2.45) is 0 Å².